The van der Waals surface area contributed by atoms with E-state index in [1.165, 1.54) is 38.5 Å². The van der Waals surface area contributed by atoms with E-state index in [1.54, 1.807) is 0 Å². The third-order valence-corrected chi connectivity index (χ3v) is 4.37. The Balaban J connectivity index is 2.16. The number of Topliss-reactive ketones (excluding diaryl/α,β-unsaturated/α-hetero) is 1. The van der Waals surface area contributed by atoms with Crippen LogP contribution in [-0.4, -0.2) is 5.78 Å². The molecule has 2 saturated carbocycles. The van der Waals surface area contributed by atoms with E-state index < -0.39 is 0 Å². The lowest BCUT2D eigenvalue weighted by molar-refractivity contribution is -0.127. The lowest BCUT2D eigenvalue weighted by Gasteiger charge is -2.46. The molecule has 0 aromatic heterocycles. The van der Waals surface area contributed by atoms with Gasteiger partial charge in [0.1, 0.15) is 5.78 Å². The van der Waals surface area contributed by atoms with Gasteiger partial charge in [0.15, 0.2) is 0 Å². The second-order valence-corrected chi connectivity index (χ2v) is 4.91. The van der Waals surface area contributed by atoms with Gasteiger partial charge in [-0.2, -0.15) is 0 Å². The van der Waals surface area contributed by atoms with E-state index in [0.29, 0.717) is 11.2 Å². The van der Waals surface area contributed by atoms with Crippen LogP contribution in [0.25, 0.3) is 0 Å². The first-order valence-electron chi connectivity index (χ1n) is 5.78. The maximum atomic E-state index is 11.5. The number of carbonyl (C=O) groups is 1. The van der Waals surface area contributed by atoms with E-state index in [2.05, 4.69) is 6.92 Å². The molecule has 2 aliphatic rings. The van der Waals surface area contributed by atoms with Crippen molar-refractivity contribution in [1.82, 2.24) is 0 Å². The Morgan fingerprint density at radius 1 is 1.38 bits per heavy atom. The molecule has 1 heteroatoms. The van der Waals surface area contributed by atoms with Crippen molar-refractivity contribution in [3.05, 3.63) is 0 Å². The number of hydrogen-bond acceptors (Lipinski definition) is 1. The summed E-state index contributed by atoms with van der Waals surface area (Å²) in [5.41, 5.74) is 0.438. The molecule has 13 heavy (non-hydrogen) atoms. The first kappa shape index (κ1) is 9.23. The van der Waals surface area contributed by atoms with Crippen molar-refractivity contribution in [2.24, 2.45) is 11.3 Å². The zero-order chi connectivity index (χ0) is 9.31. The minimum atomic E-state index is 0.438. The molecule has 0 bridgehead atoms. The largest absolute Gasteiger partial charge is 0.300 e. The zero-order valence-corrected chi connectivity index (χ0v) is 8.64. The SMILES string of the molecule is CC[C@@]12CCCC[C@@H]1CCC(=O)C2. The average Bonchev–Trinajstić information content (AvgIpc) is 2.17. The summed E-state index contributed by atoms with van der Waals surface area (Å²) in [7, 11) is 0. The van der Waals surface area contributed by atoms with Crippen LogP contribution in [0.2, 0.25) is 0 Å². The molecule has 0 aromatic carbocycles. The lowest BCUT2D eigenvalue weighted by atomic mass is 9.58. The summed E-state index contributed by atoms with van der Waals surface area (Å²) >= 11 is 0. The second kappa shape index (κ2) is 3.43. The fourth-order valence-electron chi connectivity index (χ4n) is 3.47. The van der Waals surface area contributed by atoms with Gasteiger partial charge in [0, 0.05) is 12.8 Å². The molecule has 0 aromatic rings. The van der Waals surface area contributed by atoms with E-state index in [0.717, 1.165) is 18.8 Å². The Kier molecular flexibility index (Phi) is 2.44. The van der Waals surface area contributed by atoms with Crippen LogP contribution in [0.5, 0.6) is 0 Å². The zero-order valence-electron chi connectivity index (χ0n) is 8.64. The molecule has 0 unspecified atom stereocenters. The van der Waals surface area contributed by atoms with Crippen LogP contribution in [-0.2, 0) is 4.79 Å². The molecule has 1 nitrogen and oxygen atoms in total. The Hall–Kier alpha value is -0.330. The first-order valence-corrected chi connectivity index (χ1v) is 5.78. The number of fused-ring (bicyclic) bond motifs is 1. The van der Waals surface area contributed by atoms with Crippen molar-refractivity contribution in [2.75, 3.05) is 0 Å². The van der Waals surface area contributed by atoms with Crippen LogP contribution in [0.3, 0.4) is 0 Å². The van der Waals surface area contributed by atoms with Crippen LogP contribution in [0.4, 0.5) is 0 Å². The van der Waals surface area contributed by atoms with Gasteiger partial charge in [0.05, 0.1) is 0 Å². The molecule has 0 N–H and O–H groups in total. The number of carbonyl (C=O) groups excluding carboxylic acids is 1. The van der Waals surface area contributed by atoms with Gasteiger partial charge in [-0.15, -0.1) is 0 Å². The predicted octanol–water partition coefficient (Wildman–Crippen LogP) is 3.33. The fourth-order valence-corrected chi connectivity index (χ4v) is 3.47. The molecule has 0 spiro atoms. The van der Waals surface area contributed by atoms with E-state index in [9.17, 15) is 4.79 Å². The molecule has 0 heterocycles. The number of ketones is 1. The predicted molar refractivity (Wildman–Crippen MR) is 53.5 cm³/mol. The summed E-state index contributed by atoms with van der Waals surface area (Å²) in [5.74, 6) is 1.41. The van der Waals surface area contributed by atoms with Gasteiger partial charge in [-0.25, -0.2) is 0 Å². The standard InChI is InChI=1S/C12H20O/c1-2-12-8-4-3-5-10(12)6-7-11(13)9-12/h10H,2-9H2,1H3/t10-,12+/m1/s1. The summed E-state index contributed by atoms with van der Waals surface area (Å²) in [5, 5.41) is 0. The van der Waals surface area contributed by atoms with Gasteiger partial charge >= 0.3 is 0 Å². The highest BCUT2D eigenvalue weighted by atomic mass is 16.1. The third kappa shape index (κ3) is 1.53. The van der Waals surface area contributed by atoms with Crippen molar-refractivity contribution in [1.29, 1.82) is 0 Å². The summed E-state index contributed by atoms with van der Waals surface area (Å²) in [6.07, 6.45) is 9.65. The highest BCUT2D eigenvalue weighted by Gasteiger charge is 2.43. The minimum Gasteiger partial charge on any atom is -0.300 e. The molecular formula is C12H20O. The van der Waals surface area contributed by atoms with E-state index in [1.807, 2.05) is 0 Å². The Morgan fingerprint density at radius 3 is 3.00 bits per heavy atom. The summed E-state index contributed by atoms with van der Waals surface area (Å²) in [6.45, 7) is 2.27. The number of hydrogen-bond donors (Lipinski definition) is 0. The molecule has 2 atom stereocenters. The van der Waals surface area contributed by atoms with Gasteiger partial charge in [-0.3, -0.25) is 4.79 Å². The molecule has 0 amide bonds. The normalized spacial score (nSPS) is 40.1. The monoisotopic (exact) mass is 180 g/mol. The second-order valence-electron chi connectivity index (χ2n) is 4.91. The summed E-state index contributed by atoms with van der Waals surface area (Å²) in [4.78, 5) is 11.5. The maximum absolute atomic E-state index is 11.5. The Labute approximate surface area is 80.9 Å². The molecule has 0 saturated heterocycles. The van der Waals surface area contributed by atoms with Crippen molar-refractivity contribution in [3.63, 3.8) is 0 Å². The topological polar surface area (TPSA) is 17.1 Å². The molecule has 2 aliphatic carbocycles. The van der Waals surface area contributed by atoms with Crippen LogP contribution in [0.1, 0.15) is 58.3 Å². The lowest BCUT2D eigenvalue weighted by Crippen LogP contribution is -2.39. The van der Waals surface area contributed by atoms with E-state index in [4.69, 9.17) is 0 Å². The fraction of sp³-hybridized carbons (Fsp3) is 0.917. The minimum absolute atomic E-state index is 0.438. The Morgan fingerprint density at radius 2 is 2.23 bits per heavy atom. The third-order valence-electron chi connectivity index (χ3n) is 4.37. The van der Waals surface area contributed by atoms with Gasteiger partial charge in [-0.1, -0.05) is 19.8 Å². The highest BCUT2D eigenvalue weighted by molar-refractivity contribution is 5.80. The first-order chi connectivity index (χ1) is 6.27. The van der Waals surface area contributed by atoms with E-state index >= 15 is 0 Å². The molecule has 74 valence electrons. The maximum Gasteiger partial charge on any atom is 0.133 e. The van der Waals surface area contributed by atoms with Gasteiger partial charge in [0.25, 0.3) is 0 Å². The summed E-state index contributed by atoms with van der Waals surface area (Å²) in [6, 6.07) is 0. The molecule has 0 aliphatic heterocycles. The van der Waals surface area contributed by atoms with Gasteiger partial charge in [-0.05, 0) is 37.0 Å². The average molecular weight is 180 g/mol. The van der Waals surface area contributed by atoms with Crippen LogP contribution in [0.15, 0.2) is 0 Å². The molecule has 0 radical (unpaired) electrons. The molecule has 2 rings (SSSR count). The quantitative estimate of drug-likeness (QED) is 0.605. The van der Waals surface area contributed by atoms with Crippen molar-refractivity contribution in [3.8, 4) is 0 Å². The van der Waals surface area contributed by atoms with Gasteiger partial charge in [0.2, 0.25) is 0 Å². The van der Waals surface area contributed by atoms with E-state index in [-0.39, 0.29) is 0 Å². The molecule has 2 fully saturated rings. The van der Waals surface area contributed by atoms with Crippen LogP contribution in [0, 0.1) is 11.3 Å². The summed E-state index contributed by atoms with van der Waals surface area (Å²) < 4.78 is 0. The van der Waals surface area contributed by atoms with Crippen LogP contribution >= 0.6 is 0 Å². The van der Waals surface area contributed by atoms with Crippen LogP contribution < -0.4 is 0 Å². The van der Waals surface area contributed by atoms with Crippen molar-refractivity contribution >= 4 is 5.78 Å². The van der Waals surface area contributed by atoms with Crippen molar-refractivity contribution in [2.45, 2.75) is 58.3 Å². The molecular weight excluding hydrogens is 160 g/mol. The highest BCUT2D eigenvalue weighted by Crippen LogP contribution is 2.51. The van der Waals surface area contributed by atoms with Gasteiger partial charge < -0.3 is 0 Å². The van der Waals surface area contributed by atoms with Crippen molar-refractivity contribution < 1.29 is 4.79 Å². The number of rotatable bonds is 1. The smallest absolute Gasteiger partial charge is 0.133 e. The Bertz CT molecular complexity index is 209.